The molecule has 1 aromatic carbocycles. The van der Waals surface area contributed by atoms with Crippen LogP contribution in [-0.4, -0.2) is 96.0 Å². The van der Waals surface area contributed by atoms with E-state index < -0.39 is 17.6 Å². The zero-order valence-electron chi connectivity index (χ0n) is 24.3. The maximum atomic E-state index is 14.6. The monoisotopic (exact) mass is 572 g/mol. The van der Waals surface area contributed by atoms with E-state index in [2.05, 4.69) is 27.4 Å². The van der Waals surface area contributed by atoms with Crippen molar-refractivity contribution in [3.63, 3.8) is 0 Å². The summed E-state index contributed by atoms with van der Waals surface area (Å²) in [5.41, 5.74) is 0.677. The molecule has 0 fully saturated rings. The summed E-state index contributed by atoms with van der Waals surface area (Å²) in [5.74, 6) is 3.94. The van der Waals surface area contributed by atoms with Gasteiger partial charge in [0, 0.05) is 32.2 Å². The Bertz CT molecular complexity index is 1180. The molecule has 0 aliphatic carbocycles. The molecule has 0 aliphatic rings. The number of nitrogens with zero attached hydrogens (tertiary/aromatic N) is 4. The lowest BCUT2D eigenvalue weighted by molar-refractivity contribution is -0.138. The lowest BCUT2D eigenvalue weighted by atomic mass is 10.1. The van der Waals surface area contributed by atoms with E-state index in [4.69, 9.17) is 11.3 Å². The molecule has 0 saturated heterocycles. The van der Waals surface area contributed by atoms with Crippen LogP contribution in [0.3, 0.4) is 0 Å². The number of carbonyl (C=O) groups is 4. The van der Waals surface area contributed by atoms with Crippen LogP contribution in [0.5, 0.6) is 0 Å². The van der Waals surface area contributed by atoms with E-state index in [9.17, 15) is 23.6 Å². The highest BCUT2D eigenvalue weighted by Crippen LogP contribution is 2.15. The van der Waals surface area contributed by atoms with Gasteiger partial charge in [-0.2, -0.15) is 0 Å². The number of benzene rings is 1. The van der Waals surface area contributed by atoms with Crippen LogP contribution in [0.2, 0.25) is 0 Å². The first-order valence-electron chi connectivity index (χ1n) is 13.3. The molecule has 0 saturated carbocycles. The fourth-order valence-electron chi connectivity index (χ4n) is 3.34. The Morgan fingerprint density at radius 2 is 1.83 bits per heavy atom. The van der Waals surface area contributed by atoms with E-state index in [1.54, 1.807) is 25.1 Å². The number of hydrazine groups is 1. The largest absolute Gasteiger partial charge is 0.357 e. The molecular formula is C28H41FN8O4. The molecule has 5 N–H and O–H groups in total. The highest BCUT2D eigenvalue weighted by molar-refractivity contribution is 6.23. The number of rotatable bonds is 14. The Morgan fingerprint density at radius 1 is 1.12 bits per heavy atom. The number of hydrogen-bond acceptors (Lipinski definition) is 8. The van der Waals surface area contributed by atoms with Gasteiger partial charge >= 0.3 is 0 Å². The van der Waals surface area contributed by atoms with Gasteiger partial charge in [-0.1, -0.05) is 19.1 Å². The minimum absolute atomic E-state index is 0.0131. The van der Waals surface area contributed by atoms with Crippen molar-refractivity contribution in [1.82, 2.24) is 25.1 Å². The van der Waals surface area contributed by atoms with Crippen molar-refractivity contribution in [3.8, 4) is 0 Å². The first-order valence-corrected chi connectivity index (χ1v) is 13.3. The fraction of sp³-hybridized carbons (Fsp3) is 0.429. The number of aldehydes is 1. The summed E-state index contributed by atoms with van der Waals surface area (Å²) < 4.78 is 14.6. The normalized spacial score (nSPS) is 10.4. The number of nitrogens with two attached hydrogens (primary N) is 1. The SMILES string of the molecule is CCN(C)CCNC=O.CCN(CCc1ccc(C(=O)Nc2cccc(C(=N)N(N)C(C)C)n2)c(F)c1)C(=O)C=O. The summed E-state index contributed by atoms with van der Waals surface area (Å²) in [6.45, 7) is 10.8. The third kappa shape index (κ3) is 11.8. The summed E-state index contributed by atoms with van der Waals surface area (Å²) in [5, 5.41) is 14.5. The number of amides is 3. The van der Waals surface area contributed by atoms with Crippen LogP contribution in [0.4, 0.5) is 10.2 Å². The number of anilines is 1. The average Bonchev–Trinajstić information content (AvgIpc) is 2.96. The number of likely N-dealkylation sites (N-methyl/N-ethyl adjacent to an activating group) is 2. The van der Waals surface area contributed by atoms with E-state index in [0.717, 1.165) is 26.0 Å². The Hall–Kier alpha value is -4.23. The van der Waals surface area contributed by atoms with Crippen LogP contribution in [0.1, 0.15) is 49.3 Å². The number of halogens is 1. The van der Waals surface area contributed by atoms with Gasteiger partial charge in [0.15, 0.2) is 5.84 Å². The molecule has 0 atom stereocenters. The Labute approximate surface area is 240 Å². The van der Waals surface area contributed by atoms with Gasteiger partial charge in [-0.3, -0.25) is 29.6 Å². The van der Waals surface area contributed by atoms with Crippen LogP contribution in [0.25, 0.3) is 0 Å². The smallest absolute Gasteiger partial charge is 0.286 e. The minimum Gasteiger partial charge on any atom is -0.357 e. The molecule has 12 nitrogen and oxygen atoms in total. The molecule has 0 radical (unpaired) electrons. The number of hydrogen-bond donors (Lipinski definition) is 4. The van der Waals surface area contributed by atoms with Gasteiger partial charge in [-0.25, -0.2) is 15.2 Å². The summed E-state index contributed by atoms with van der Waals surface area (Å²) >= 11 is 0. The predicted octanol–water partition coefficient (Wildman–Crippen LogP) is 1.66. The van der Waals surface area contributed by atoms with Gasteiger partial charge in [-0.15, -0.1) is 0 Å². The molecular weight excluding hydrogens is 531 g/mol. The Balaban J connectivity index is 0.000000803. The lowest BCUT2D eigenvalue weighted by Crippen LogP contribution is -2.43. The van der Waals surface area contributed by atoms with Crippen molar-refractivity contribution in [3.05, 3.63) is 59.0 Å². The van der Waals surface area contributed by atoms with Crippen LogP contribution in [-0.2, 0) is 20.8 Å². The molecule has 13 heteroatoms. The highest BCUT2D eigenvalue weighted by Gasteiger charge is 2.17. The molecule has 0 spiro atoms. The van der Waals surface area contributed by atoms with Crippen LogP contribution in [0, 0.1) is 11.2 Å². The van der Waals surface area contributed by atoms with Gasteiger partial charge in [0.2, 0.25) is 12.7 Å². The number of pyridine rings is 1. The summed E-state index contributed by atoms with van der Waals surface area (Å²) in [6, 6.07) is 8.78. The molecule has 0 unspecified atom stereocenters. The molecule has 0 aliphatic heterocycles. The van der Waals surface area contributed by atoms with Crippen molar-refractivity contribution in [2.24, 2.45) is 5.84 Å². The quantitative estimate of drug-likeness (QED) is 0.0505. The second-order valence-electron chi connectivity index (χ2n) is 9.28. The third-order valence-corrected chi connectivity index (χ3v) is 6.05. The third-order valence-electron chi connectivity index (χ3n) is 6.05. The predicted molar refractivity (Wildman–Crippen MR) is 156 cm³/mol. The van der Waals surface area contributed by atoms with Crippen molar-refractivity contribution in [1.29, 1.82) is 5.41 Å². The molecule has 41 heavy (non-hydrogen) atoms. The molecule has 224 valence electrons. The van der Waals surface area contributed by atoms with Crippen LogP contribution >= 0.6 is 0 Å². The first-order chi connectivity index (χ1) is 19.5. The summed E-state index contributed by atoms with van der Waals surface area (Å²) in [6.07, 6.45) is 1.31. The van der Waals surface area contributed by atoms with Crippen LogP contribution < -0.4 is 16.5 Å². The maximum absolute atomic E-state index is 14.6. The van der Waals surface area contributed by atoms with Crippen LogP contribution in [0.15, 0.2) is 36.4 Å². The van der Waals surface area contributed by atoms with Gasteiger partial charge < -0.3 is 20.4 Å². The van der Waals surface area contributed by atoms with E-state index in [1.807, 2.05) is 20.9 Å². The van der Waals surface area contributed by atoms with Crippen molar-refractivity contribution < 1.29 is 23.6 Å². The molecule has 1 aromatic heterocycles. The molecule has 3 amide bonds. The molecule has 2 aromatic rings. The van der Waals surface area contributed by atoms with Crippen molar-refractivity contribution in [2.45, 2.75) is 40.2 Å². The van der Waals surface area contributed by atoms with E-state index in [0.29, 0.717) is 18.5 Å². The van der Waals surface area contributed by atoms with Crippen molar-refractivity contribution in [2.75, 3.05) is 45.1 Å². The number of amidine groups is 1. The lowest BCUT2D eigenvalue weighted by Gasteiger charge is -2.23. The molecule has 2 rings (SSSR count). The molecule has 1 heterocycles. The zero-order valence-corrected chi connectivity index (χ0v) is 24.3. The topological polar surface area (TPSA) is 165 Å². The fourth-order valence-corrected chi connectivity index (χ4v) is 3.34. The number of aromatic nitrogens is 1. The van der Waals surface area contributed by atoms with Gasteiger partial charge in [0.1, 0.15) is 17.3 Å². The maximum Gasteiger partial charge on any atom is 0.286 e. The summed E-state index contributed by atoms with van der Waals surface area (Å²) in [4.78, 5) is 52.1. The summed E-state index contributed by atoms with van der Waals surface area (Å²) in [7, 11) is 2.02. The standard InChI is InChI=1S/C22H27FN6O3.C6H14N2O/c1-4-28(20(31)13-30)11-10-15-8-9-16(17(23)12-15)22(32)27-19-7-5-6-18(26-19)21(24)29(25)14(2)3;1-3-8(2)5-4-7-6-9/h5-9,12-14,24H,4,10-11,25H2,1-3H3,(H,26,27,32);6H,3-5H2,1-2H3,(H,7,9). The first kappa shape index (κ1) is 34.8. The van der Waals surface area contributed by atoms with E-state index >= 15 is 0 Å². The Morgan fingerprint density at radius 3 is 2.39 bits per heavy atom. The molecule has 0 bridgehead atoms. The van der Waals surface area contributed by atoms with E-state index in [-0.39, 0.29) is 41.8 Å². The van der Waals surface area contributed by atoms with Gasteiger partial charge in [0.25, 0.3) is 11.8 Å². The second-order valence-corrected chi connectivity index (χ2v) is 9.28. The highest BCUT2D eigenvalue weighted by atomic mass is 19.1. The second kappa shape index (κ2) is 18.2. The minimum atomic E-state index is -0.721. The average molecular weight is 573 g/mol. The zero-order chi connectivity index (χ0) is 30.9. The van der Waals surface area contributed by atoms with Gasteiger partial charge in [0.05, 0.1) is 5.56 Å². The van der Waals surface area contributed by atoms with Crippen molar-refractivity contribution >= 4 is 36.2 Å². The number of carbonyl (C=O) groups excluding carboxylic acids is 4. The number of nitrogens with one attached hydrogen (secondary N) is 3. The Kier molecular flexibility index (Phi) is 15.4. The van der Waals surface area contributed by atoms with E-state index in [1.165, 1.54) is 28.1 Å². The van der Waals surface area contributed by atoms with Gasteiger partial charge in [-0.05, 0) is 70.6 Å².